The van der Waals surface area contributed by atoms with Crippen LogP contribution in [0, 0.1) is 0 Å². The molecule has 1 unspecified atom stereocenters. The Morgan fingerprint density at radius 1 is 1.15 bits per heavy atom. The Labute approximate surface area is 125 Å². The molecule has 1 atom stereocenters. The molecule has 0 aliphatic rings. The van der Waals surface area contributed by atoms with Crippen LogP contribution in [0.3, 0.4) is 0 Å². The first-order valence-electron chi connectivity index (χ1n) is 7.08. The second-order valence-corrected chi connectivity index (χ2v) is 7.00. The number of rotatable bonds is 4. The lowest BCUT2D eigenvalue weighted by atomic mass is 9.89. The van der Waals surface area contributed by atoms with Gasteiger partial charge in [0.25, 0.3) is 0 Å². The Hall–Kier alpha value is -1.26. The van der Waals surface area contributed by atoms with Gasteiger partial charge in [-0.1, -0.05) is 56.4 Å². The summed E-state index contributed by atoms with van der Waals surface area (Å²) < 4.78 is 4.09. The fourth-order valence-electron chi connectivity index (χ4n) is 2.22. The van der Waals surface area contributed by atoms with Gasteiger partial charge in [-0.05, 0) is 35.5 Å². The highest BCUT2D eigenvalue weighted by Crippen LogP contribution is 2.30. The van der Waals surface area contributed by atoms with Crippen molar-refractivity contribution in [2.75, 3.05) is 0 Å². The van der Waals surface area contributed by atoms with Crippen molar-refractivity contribution >= 4 is 11.5 Å². The molecule has 1 heterocycles. The van der Waals surface area contributed by atoms with Gasteiger partial charge in [0.05, 0.1) is 10.6 Å². The lowest BCUT2D eigenvalue weighted by Gasteiger charge is -2.19. The molecule has 2 N–H and O–H groups in total. The highest BCUT2D eigenvalue weighted by atomic mass is 32.1. The fourth-order valence-corrected chi connectivity index (χ4v) is 3.08. The second kappa shape index (κ2) is 6.02. The van der Waals surface area contributed by atoms with Crippen molar-refractivity contribution in [1.29, 1.82) is 0 Å². The van der Waals surface area contributed by atoms with E-state index in [2.05, 4.69) is 61.5 Å². The normalized spacial score (nSPS) is 13.4. The van der Waals surface area contributed by atoms with E-state index >= 15 is 0 Å². The first-order chi connectivity index (χ1) is 9.41. The smallest absolute Gasteiger partial charge is 0.0857 e. The topological polar surface area (TPSA) is 51.8 Å². The third-order valence-electron chi connectivity index (χ3n) is 3.45. The first-order valence-corrected chi connectivity index (χ1v) is 7.85. The molecule has 20 heavy (non-hydrogen) atoms. The number of nitrogens with two attached hydrogens (primary N) is 1. The second-order valence-electron chi connectivity index (χ2n) is 6.22. The molecule has 0 aliphatic heterocycles. The summed E-state index contributed by atoms with van der Waals surface area (Å²) in [5.41, 5.74) is 10.0. The standard InChI is InChI=1S/C16H23N3S/c1-5-11-6-8-12(9-7-11)10-13(17)14-15(16(2,3)4)18-19-20-14/h6-9,13H,5,10,17H2,1-4H3. The molecule has 0 spiro atoms. The largest absolute Gasteiger partial charge is 0.323 e. The van der Waals surface area contributed by atoms with E-state index in [9.17, 15) is 0 Å². The van der Waals surface area contributed by atoms with E-state index in [1.807, 2.05) is 0 Å². The molecule has 0 bridgehead atoms. The van der Waals surface area contributed by atoms with E-state index in [4.69, 9.17) is 5.73 Å². The fraction of sp³-hybridized carbons (Fsp3) is 0.500. The van der Waals surface area contributed by atoms with Gasteiger partial charge in [-0.2, -0.15) is 0 Å². The van der Waals surface area contributed by atoms with Gasteiger partial charge < -0.3 is 5.73 Å². The number of hydrogen-bond donors (Lipinski definition) is 1. The van der Waals surface area contributed by atoms with E-state index in [1.165, 1.54) is 22.7 Å². The molecule has 0 amide bonds. The van der Waals surface area contributed by atoms with Crippen LogP contribution in [-0.4, -0.2) is 9.59 Å². The SMILES string of the molecule is CCc1ccc(CC(N)c2snnc2C(C)(C)C)cc1. The number of hydrogen-bond acceptors (Lipinski definition) is 4. The quantitative estimate of drug-likeness (QED) is 0.935. The summed E-state index contributed by atoms with van der Waals surface area (Å²) in [6.45, 7) is 8.61. The van der Waals surface area contributed by atoms with E-state index in [0.717, 1.165) is 23.4 Å². The van der Waals surface area contributed by atoms with Crippen molar-refractivity contribution in [3.8, 4) is 0 Å². The molecule has 0 radical (unpaired) electrons. The summed E-state index contributed by atoms with van der Waals surface area (Å²) in [5, 5.41) is 4.27. The van der Waals surface area contributed by atoms with Crippen LogP contribution in [0.1, 0.15) is 55.4 Å². The van der Waals surface area contributed by atoms with E-state index < -0.39 is 0 Å². The third-order valence-corrected chi connectivity index (χ3v) is 4.30. The van der Waals surface area contributed by atoms with Crippen LogP contribution < -0.4 is 5.73 Å². The first kappa shape index (κ1) is 15.1. The van der Waals surface area contributed by atoms with Crippen molar-refractivity contribution < 1.29 is 0 Å². The molecule has 0 aliphatic carbocycles. The van der Waals surface area contributed by atoms with Gasteiger partial charge in [0.2, 0.25) is 0 Å². The molecule has 108 valence electrons. The number of aryl methyl sites for hydroxylation is 1. The van der Waals surface area contributed by atoms with Gasteiger partial charge in [0, 0.05) is 11.5 Å². The molecule has 2 aromatic rings. The van der Waals surface area contributed by atoms with Crippen LogP contribution in [0.4, 0.5) is 0 Å². The molecule has 0 saturated carbocycles. The summed E-state index contributed by atoms with van der Waals surface area (Å²) in [5.74, 6) is 0. The van der Waals surface area contributed by atoms with Crippen molar-refractivity contribution in [1.82, 2.24) is 9.59 Å². The van der Waals surface area contributed by atoms with E-state index in [-0.39, 0.29) is 11.5 Å². The minimum absolute atomic E-state index is 0.00792. The molecule has 1 aromatic carbocycles. The Bertz CT molecular complexity index is 552. The van der Waals surface area contributed by atoms with E-state index in [1.54, 1.807) is 0 Å². The van der Waals surface area contributed by atoms with Crippen LogP contribution >= 0.6 is 11.5 Å². The summed E-state index contributed by atoms with van der Waals surface area (Å²) >= 11 is 1.43. The zero-order valence-electron chi connectivity index (χ0n) is 12.7. The predicted octanol–water partition coefficient (Wildman–Crippen LogP) is 3.64. The van der Waals surface area contributed by atoms with Crippen molar-refractivity contribution in [3.05, 3.63) is 46.0 Å². The van der Waals surface area contributed by atoms with Gasteiger partial charge in [-0.25, -0.2) is 0 Å². The lowest BCUT2D eigenvalue weighted by molar-refractivity contribution is 0.550. The van der Waals surface area contributed by atoms with Gasteiger partial charge in [0.15, 0.2) is 0 Å². The van der Waals surface area contributed by atoms with Crippen LogP contribution in [0.25, 0.3) is 0 Å². The Morgan fingerprint density at radius 3 is 2.30 bits per heavy atom. The van der Waals surface area contributed by atoms with Gasteiger partial charge in [-0.15, -0.1) is 5.10 Å². The van der Waals surface area contributed by atoms with Gasteiger partial charge in [0.1, 0.15) is 0 Å². The molecule has 3 nitrogen and oxygen atoms in total. The van der Waals surface area contributed by atoms with Gasteiger partial charge in [-0.3, -0.25) is 0 Å². The Kier molecular flexibility index (Phi) is 4.55. The maximum atomic E-state index is 6.37. The molecule has 0 saturated heterocycles. The molecular weight excluding hydrogens is 266 g/mol. The highest BCUT2D eigenvalue weighted by Gasteiger charge is 2.25. The summed E-state index contributed by atoms with van der Waals surface area (Å²) in [6, 6.07) is 8.67. The van der Waals surface area contributed by atoms with Crippen LogP contribution in [0.5, 0.6) is 0 Å². The lowest BCUT2D eigenvalue weighted by Crippen LogP contribution is -2.20. The van der Waals surface area contributed by atoms with Crippen molar-refractivity contribution in [2.45, 2.75) is 52.0 Å². The predicted molar refractivity (Wildman–Crippen MR) is 85.1 cm³/mol. The maximum absolute atomic E-state index is 6.37. The highest BCUT2D eigenvalue weighted by molar-refractivity contribution is 7.05. The summed E-state index contributed by atoms with van der Waals surface area (Å²) in [7, 11) is 0. The Balaban J connectivity index is 2.15. The Morgan fingerprint density at radius 2 is 1.75 bits per heavy atom. The number of benzene rings is 1. The van der Waals surface area contributed by atoms with Crippen LogP contribution in [0.15, 0.2) is 24.3 Å². The van der Waals surface area contributed by atoms with Crippen LogP contribution in [-0.2, 0) is 18.3 Å². The molecular formula is C16H23N3S. The minimum Gasteiger partial charge on any atom is -0.323 e. The average molecular weight is 289 g/mol. The monoisotopic (exact) mass is 289 g/mol. The maximum Gasteiger partial charge on any atom is 0.0857 e. The summed E-state index contributed by atoms with van der Waals surface area (Å²) in [6.07, 6.45) is 1.90. The van der Waals surface area contributed by atoms with Crippen molar-refractivity contribution in [3.63, 3.8) is 0 Å². The average Bonchev–Trinajstić information content (AvgIpc) is 2.89. The zero-order valence-corrected chi connectivity index (χ0v) is 13.5. The zero-order chi connectivity index (χ0) is 14.8. The molecule has 1 aromatic heterocycles. The summed E-state index contributed by atoms with van der Waals surface area (Å²) in [4.78, 5) is 1.11. The molecule has 2 rings (SSSR count). The molecule has 0 fully saturated rings. The molecule has 4 heteroatoms. The third kappa shape index (κ3) is 3.44. The van der Waals surface area contributed by atoms with E-state index in [0.29, 0.717) is 0 Å². The minimum atomic E-state index is -0.0308. The number of aromatic nitrogens is 2. The van der Waals surface area contributed by atoms with Crippen LogP contribution in [0.2, 0.25) is 0 Å². The number of nitrogens with zero attached hydrogens (tertiary/aromatic N) is 2. The van der Waals surface area contributed by atoms with Gasteiger partial charge >= 0.3 is 0 Å². The van der Waals surface area contributed by atoms with Crippen molar-refractivity contribution in [2.24, 2.45) is 5.73 Å².